The first-order chi connectivity index (χ1) is 5.63. The summed E-state index contributed by atoms with van der Waals surface area (Å²) in [5, 5.41) is 4.07. The number of aromatic nitrogens is 2. The lowest BCUT2D eigenvalue weighted by Crippen LogP contribution is -2.15. The summed E-state index contributed by atoms with van der Waals surface area (Å²) in [7, 11) is 1.67. The van der Waals surface area contributed by atoms with Gasteiger partial charge in [-0.1, -0.05) is 0 Å². The first-order valence-electron chi connectivity index (χ1n) is 3.64. The van der Waals surface area contributed by atoms with Crippen LogP contribution >= 0.6 is 15.9 Å². The van der Waals surface area contributed by atoms with Crippen molar-refractivity contribution in [2.45, 2.75) is 19.6 Å². The number of rotatable bonds is 3. The molecule has 68 valence electrons. The van der Waals surface area contributed by atoms with Crippen molar-refractivity contribution in [3.05, 3.63) is 10.7 Å². The van der Waals surface area contributed by atoms with E-state index >= 15 is 0 Å². The molecule has 1 heterocycles. The summed E-state index contributed by atoms with van der Waals surface area (Å²) in [5.74, 6) is 0.512. The van der Waals surface area contributed by atoms with E-state index in [1.54, 1.807) is 11.8 Å². The highest BCUT2D eigenvalue weighted by molar-refractivity contribution is 9.10. The maximum absolute atomic E-state index is 5.54. The van der Waals surface area contributed by atoms with Gasteiger partial charge in [-0.15, -0.1) is 0 Å². The largest absolute Gasteiger partial charge is 0.381 e. The van der Waals surface area contributed by atoms with Gasteiger partial charge < -0.3 is 10.5 Å². The molecule has 1 rings (SSSR count). The lowest BCUT2D eigenvalue weighted by molar-refractivity contribution is 0.0999. The monoisotopic (exact) mass is 233 g/mol. The number of hydrogen-bond acceptors (Lipinski definition) is 3. The van der Waals surface area contributed by atoms with Gasteiger partial charge in [0.15, 0.2) is 5.82 Å². The van der Waals surface area contributed by atoms with Crippen LogP contribution in [-0.4, -0.2) is 23.0 Å². The van der Waals surface area contributed by atoms with Crippen LogP contribution < -0.4 is 5.73 Å². The molecule has 0 saturated carbocycles. The fraction of sp³-hybridized carbons (Fsp3) is 0.571. The third-order valence-corrected chi connectivity index (χ3v) is 2.20. The molecule has 0 aliphatic heterocycles. The highest BCUT2D eigenvalue weighted by atomic mass is 79.9. The summed E-state index contributed by atoms with van der Waals surface area (Å²) >= 11 is 3.28. The van der Waals surface area contributed by atoms with Gasteiger partial charge in [0.2, 0.25) is 0 Å². The summed E-state index contributed by atoms with van der Waals surface area (Å²) in [6.45, 7) is 2.69. The fourth-order valence-electron chi connectivity index (χ4n) is 0.843. The van der Waals surface area contributed by atoms with Gasteiger partial charge in [-0.3, -0.25) is 4.68 Å². The lowest BCUT2D eigenvalue weighted by atomic mass is 10.4. The highest BCUT2D eigenvalue weighted by Crippen LogP contribution is 2.16. The Kier molecular flexibility index (Phi) is 3.11. The standard InChI is InChI=1S/C7H12BrN3O/c1-5(12-2)3-11-4-6(8)7(9)10-11/h4-5H,3H2,1-2H3,(H2,9,10). The maximum atomic E-state index is 5.54. The molecule has 0 bridgehead atoms. The predicted octanol–water partition coefficient (Wildman–Crippen LogP) is 1.26. The van der Waals surface area contributed by atoms with Gasteiger partial charge in [-0.05, 0) is 22.9 Å². The molecule has 2 N–H and O–H groups in total. The van der Waals surface area contributed by atoms with E-state index in [0.29, 0.717) is 12.4 Å². The lowest BCUT2D eigenvalue weighted by Gasteiger charge is -2.08. The van der Waals surface area contributed by atoms with Crippen LogP contribution in [0.5, 0.6) is 0 Å². The van der Waals surface area contributed by atoms with E-state index < -0.39 is 0 Å². The van der Waals surface area contributed by atoms with E-state index in [1.165, 1.54) is 0 Å². The summed E-state index contributed by atoms with van der Waals surface area (Å²) < 4.78 is 7.67. The average Bonchev–Trinajstić information content (AvgIpc) is 2.31. The predicted molar refractivity (Wildman–Crippen MR) is 50.8 cm³/mol. The Morgan fingerprint density at radius 3 is 2.92 bits per heavy atom. The molecule has 0 spiro atoms. The minimum absolute atomic E-state index is 0.149. The molecule has 0 aliphatic rings. The normalized spacial score (nSPS) is 13.2. The minimum Gasteiger partial charge on any atom is -0.381 e. The van der Waals surface area contributed by atoms with Crippen LogP contribution in [0.3, 0.4) is 0 Å². The molecule has 5 heteroatoms. The van der Waals surface area contributed by atoms with Crippen LogP contribution in [0.25, 0.3) is 0 Å². The average molecular weight is 234 g/mol. The van der Waals surface area contributed by atoms with Gasteiger partial charge in [0.05, 0.1) is 17.1 Å². The molecule has 0 saturated heterocycles. The van der Waals surface area contributed by atoms with Crippen LogP contribution in [0.4, 0.5) is 5.82 Å². The molecule has 1 aromatic rings. The Labute approximate surface area is 79.8 Å². The fourth-order valence-corrected chi connectivity index (χ4v) is 1.16. The number of halogens is 1. The molecule has 1 unspecified atom stereocenters. The number of nitrogens with two attached hydrogens (primary N) is 1. The third kappa shape index (κ3) is 2.22. The molecule has 0 aromatic carbocycles. The maximum Gasteiger partial charge on any atom is 0.159 e. The number of hydrogen-bond donors (Lipinski definition) is 1. The molecule has 1 atom stereocenters. The Morgan fingerprint density at radius 2 is 2.50 bits per heavy atom. The number of nitrogen functional groups attached to an aromatic ring is 1. The number of methoxy groups -OCH3 is 1. The summed E-state index contributed by atoms with van der Waals surface area (Å²) in [6.07, 6.45) is 1.99. The van der Waals surface area contributed by atoms with Gasteiger partial charge in [0.25, 0.3) is 0 Å². The first kappa shape index (κ1) is 9.54. The second kappa shape index (κ2) is 3.91. The van der Waals surface area contributed by atoms with Crippen molar-refractivity contribution in [2.75, 3.05) is 12.8 Å². The zero-order valence-corrected chi connectivity index (χ0v) is 8.71. The van der Waals surface area contributed by atoms with E-state index in [0.717, 1.165) is 4.47 Å². The van der Waals surface area contributed by atoms with E-state index in [1.807, 2.05) is 13.1 Å². The summed E-state index contributed by atoms with van der Waals surface area (Å²) in [4.78, 5) is 0. The van der Waals surface area contributed by atoms with E-state index in [4.69, 9.17) is 10.5 Å². The molecule has 12 heavy (non-hydrogen) atoms. The second-order valence-electron chi connectivity index (χ2n) is 2.63. The molecule has 0 amide bonds. The van der Waals surface area contributed by atoms with Crippen LogP contribution in [0.2, 0.25) is 0 Å². The number of ether oxygens (including phenoxy) is 1. The van der Waals surface area contributed by atoms with Gasteiger partial charge >= 0.3 is 0 Å². The quantitative estimate of drug-likeness (QED) is 0.856. The summed E-state index contributed by atoms with van der Waals surface area (Å²) in [6, 6.07) is 0. The van der Waals surface area contributed by atoms with E-state index in [-0.39, 0.29) is 6.10 Å². The Hall–Kier alpha value is -0.550. The Bertz CT molecular complexity index is 242. The molecular weight excluding hydrogens is 222 g/mol. The van der Waals surface area contributed by atoms with Crippen LogP contribution in [-0.2, 0) is 11.3 Å². The van der Waals surface area contributed by atoms with Crippen LogP contribution in [0.1, 0.15) is 6.92 Å². The third-order valence-electron chi connectivity index (χ3n) is 1.59. The van der Waals surface area contributed by atoms with Gasteiger partial charge in [-0.2, -0.15) is 5.10 Å². The Morgan fingerprint density at radius 1 is 1.83 bits per heavy atom. The molecular formula is C7H12BrN3O. The molecule has 0 fully saturated rings. The topological polar surface area (TPSA) is 53.1 Å². The highest BCUT2D eigenvalue weighted by Gasteiger charge is 2.05. The number of nitrogens with zero attached hydrogens (tertiary/aromatic N) is 2. The van der Waals surface area contributed by atoms with Crippen molar-refractivity contribution in [1.29, 1.82) is 0 Å². The van der Waals surface area contributed by atoms with Crippen molar-refractivity contribution in [3.63, 3.8) is 0 Å². The Balaban J connectivity index is 2.64. The van der Waals surface area contributed by atoms with Crippen molar-refractivity contribution in [2.24, 2.45) is 0 Å². The second-order valence-corrected chi connectivity index (χ2v) is 3.48. The van der Waals surface area contributed by atoms with Gasteiger partial charge in [0.1, 0.15) is 0 Å². The minimum atomic E-state index is 0.149. The number of anilines is 1. The van der Waals surface area contributed by atoms with Crippen molar-refractivity contribution in [1.82, 2.24) is 9.78 Å². The molecule has 1 aromatic heterocycles. The van der Waals surface area contributed by atoms with Crippen molar-refractivity contribution in [3.8, 4) is 0 Å². The van der Waals surface area contributed by atoms with Crippen molar-refractivity contribution < 1.29 is 4.74 Å². The molecule has 0 aliphatic carbocycles. The molecule has 0 radical (unpaired) electrons. The first-order valence-corrected chi connectivity index (χ1v) is 4.44. The van der Waals surface area contributed by atoms with Gasteiger partial charge in [0, 0.05) is 13.3 Å². The molecule has 4 nitrogen and oxygen atoms in total. The van der Waals surface area contributed by atoms with Crippen LogP contribution in [0, 0.1) is 0 Å². The van der Waals surface area contributed by atoms with E-state index in [2.05, 4.69) is 21.0 Å². The zero-order chi connectivity index (χ0) is 9.14. The smallest absolute Gasteiger partial charge is 0.159 e. The van der Waals surface area contributed by atoms with Gasteiger partial charge in [-0.25, -0.2) is 0 Å². The zero-order valence-electron chi connectivity index (χ0n) is 7.12. The van der Waals surface area contributed by atoms with Crippen LogP contribution in [0.15, 0.2) is 10.7 Å². The van der Waals surface area contributed by atoms with E-state index in [9.17, 15) is 0 Å². The summed E-state index contributed by atoms with van der Waals surface area (Å²) in [5.41, 5.74) is 5.54. The van der Waals surface area contributed by atoms with Crippen molar-refractivity contribution >= 4 is 21.7 Å². The SMILES string of the molecule is COC(C)Cn1cc(Br)c(N)n1.